The molecule has 1 aliphatic rings. The maximum absolute atomic E-state index is 14.2. The topological polar surface area (TPSA) is 66.4 Å². The number of hydrogen-bond acceptors (Lipinski definition) is 2. The number of aliphatic carboxylic acids is 1. The van der Waals surface area contributed by atoms with Crippen molar-refractivity contribution in [2.75, 3.05) is 5.32 Å². The van der Waals surface area contributed by atoms with Gasteiger partial charge in [-0.25, -0.2) is 4.39 Å². The first-order valence-corrected chi connectivity index (χ1v) is 10.5. The average molecular weight is 503 g/mol. The molecular weight excluding hydrogens is 483 g/mol. The quantitative estimate of drug-likeness (QED) is 0.445. The summed E-state index contributed by atoms with van der Waals surface area (Å²) in [5, 5.41) is 12.1. The van der Waals surface area contributed by atoms with Gasteiger partial charge >= 0.3 is 18.3 Å². The highest BCUT2D eigenvalue weighted by Crippen LogP contribution is 2.44. The second-order valence-electron chi connectivity index (χ2n) is 8.24. The summed E-state index contributed by atoms with van der Waals surface area (Å²) in [6.07, 6.45) is -7.54. The van der Waals surface area contributed by atoms with Crippen LogP contribution in [0.15, 0.2) is 43.0 Å². The van der Waals surface area contributed by atoms with Crippen LogP contribution in [0.5, 0.6) is 0 Å². The maximum Gasteiger partial charge on any atom is 0.416 e. The number of carbonyl (C=O) groups is 2. The Kier molecular flexibility index (Phi) is 7.28. The molecule has 35 heavy (non-hydrogen) atoms. The Bertz CT molecular complexity index is 1140. The van der Waals surface area contributed by atoms with Gasteiger partial charge in [-0.2, -0.15) is 26.3 Å². The minimum atomic E-state index is -4.79. The first kappa shape index (κ1) is 26.2. The Labute approximate surface area is 195 Å². The van der Waals surface area contributed by atoms with E-state index in [0.717, 1.165) is 24.3 Å². The molecule has 1 amide bonds. The minimum absolute atomic E-state index is 0.0749. The first-order chi connectivity index (χ1) is 16.2. The molecule has 0 unspecified atom stereocenters. The third-order valence-corrected chi connectivity index (χ3v) is 6.11. The molecule has 2 aromatic rings. The Hall–Kier alpha value is -3.37. The van der Waals surface area contributed by atoms with Crippen molar-refractivity contribution in [3.8, 4) is 0 Å². The molecule has 3 atom stereocenters. The highest BCUT2D eigenvalue weighted by molar-refractivity contribution is 5.95. The molecule has 2 aromatic carbocycles. The Morgan fingerprint density at radius 3 is 2.11 bits per heavy atom. The van der Waals surface area contributed by atoms with Crippen LogP contribution in [0.25, 0.3) is 6.08 Å². The number of amides is 1. The smallest absolute Gasteiger partial charge is 0.416 e. The van der Waals surface area contributed by atoms with E-state index >= 15 is 0 Å². The van der Waals surface area contributed by atoms with Crippen molar-refractivity contribution in [1.29, 1.82) is 0 Å². The van der Waals surface area contributed by atoms with Gasteiger partial charge < -0.3 is 10.4 Å². The largest absolute Gasteiger partial charge is 0.481 e. The van der Waals surface area contributed by atoms with E-state index in [2.05, 4.69) is 11.9 Å². The molecule has 1 saturated carbocycles. The molecule has 1 aliphatic carbocycles. The van der Waals surface area contributed by atoms with Crippen LogP contribution in [0.1, 0.15) is 47.4 Å². The highest BCUT2D eigenvalue weighted by atomic mass is 19.4. The molecule has 1 fully saturated rings. The summed E-state index contributed by atoms with van der Waals surface area (Å²) < 4.78 is 91.8. The molecule has 0 bridgehead atoms. The van der Waals surface area contributed by atoms with Gasteiger partial charge in [0.05, 0.1) is 28.7 Å². The monoisotopic (exact) mass is 503 g/mol. The Morgan fingerprint density at radius 1 is 0.971 bits per heavy atom. The molecule has 188 valence electrons. The van der Waals surface area contributed by atoms with Crippen molar-refractivity contribution >= 4 is 23.6 Å². The van der Waals surface area contributed by atoms with Crippen LogP contribution in [-0.2, 0) is 21.9 Å². The Morgan fingerprint density at radius 2 is 1.57 bits per heavy atom. The summed E-state index contributed by atoms with van der Waals surface area (Å²) in [7, 11) is 0. The summed E-state index contributed by atoms with van der Waals surface area (Å²) in [5.41, 5.74) is -2.39. The van der Waals surface area contributed by atoms with Crippen LogP contribution in [0.4, 0.5) is 36.4 Å². The predicted octanol–water partition coefficient (Wildman–Crippen LogP) is 6.73. The van der Waals surface area contributed by atoms with E-state index in [1.165, 1.54) is 6.08 Å². The second-order valence-corrected chi connectivity index (χ2v) is 8.24. The number of nitrogens with one attached hydrogen (secondary N) is 1. The van der Waals surface area contributed by atoms with Gasteiger partial charge in [-0.05, 0) is 60.2 Å². The average Bonchev–Trinajstić information content (AvgIpc) is 2.77. The highest BCUT2D eigenvalue weighted by Gasteiger charge is 2.44. The number of hydrogen-bond donors (Lipinski definition) is 2. The van der Waals surface area contributed by atoms with E-state index in [9.17, 15) is 45.4 Å². The number of carboxylic acid groups (broad SMARTS) is 1. The van der Waals surface area contributed by atoms with Crippen LogP contribution in [-0.4, -0.2) is 17.0 Å². The number of rotatable bonds is 5. The second kappa shape index (κ2) is 9.71. The molecule has 3 rings (SSSR count). The zero-order chi connectivity index (χ0) is 26.1. The normalized spacial score (nSPS) is 20.8. The standard InChI is InChI=1S/C24H20F7NO3/c1-2-12-10-13(23(26,27)28)6-8-15(12)16-4-3-5-17(20(16)22(34)35)21(33)32-19-9-7-14(11-18(19)25)24(29,30)31/h2,6-11,16-17,20H,1,3-5H2,(H,32,33)(H,34,35)/t16-,17-,20-/m1/s1. The third kappa shape index (κ3) is 5.66. The van der Waals surface area contributed by atoms with Crippen molar-refractivity contribution in [2.24, 2.45) is 11.8 Å². The zero-order valence-corrected chi connectivity index (χ0v) is 18.0. The van der Waals surface area contributed by atoms with Crippen LogP contribution in [0.2, 0.25) is 0 Å². The van der Waals surface area contributed by atoms with Crippen molar-refractivity contribution in [3.63, 3.8) is 0 Å². The summed E-state index contributed by atoms with van der Waals surface area (Å²) in [4.78, 5) is 25.1. The maximum atomic E-state index is 14.2. The summed E-state index contributed by atoms with van der Waals surface area (Å²) in [5.74, 6) is -7.04. The number of halogens is 7. The van der Waals surface area contributed by atoms with Crippen LogP contribution < -0.4 is 5.32 Å². The zero-order valence-electron chi connectivity index (χ0n) is 18.0. The van der Waals surface area contributed by atoms with E-state index in [-0.39, 0.29) is 30.0 Å². The SMILES string of the molecule is C=Cc1cc(C(F)(F)F)ccc1[C@H]1CCC[C@@H](C(=O)Nc2ccc(C(F)(F)F)cc2F)[C@@H]1C(=O)O. The lowest BCUT2D eigenvalue weighted by Gasteiger charge is -2.36. The van der Waals surface area contributed by atoms with Crippen LogP contribution >= 0.6 is 0 Å². The van der Waals surface area contributed by atoms with Crippen molar-refractivity contribution < 1.29 is 45.4 Å². The Balaban J connectivity index is 1.92. The summed E-state index contributed by atoms with van der Waals surface area (Å²) in [6.45, 7) is 3.51. The number of carboxylic acids is 1. The molecule has 11 heteroatoms. The molecule has 0 radical (unpaired) electrons. The predicted molar refractivity (Wildman–Crippen MR) is 113 cm³/mol. The molecule has 0 heterocycles. The van der Waals surface area contributed by atoms with E-state index in [0.29, 0.717) is 12.5 Å². The molecule has 0 saturated heterocycles. The summed E-state index contributed by atoms with van der Waals surface area (Å²) >= 11 is 0. The fraction of sp³-hybridized carbons (Fsp3) is 0.333. The number of carbonyl (C=O) groups excluding carboxylic acids is 1. The van der Waals surface area contributed by atoms with Gasteiger partial charge in [0.25, 0.3) is 0 Å². The molecule has 0 spiro atoms. The molecule has 2 N–H and O–H groups in total. The van der Waals surface area contributed by atoms with E-state index in [1.807, 2.05) is 0 Å². The fourth-order valence-corrected chi connectivity index (χ4v) is 4.47. The third-order valence-electron chi connectivity index (χ3n) is 6.11. The van der Waals surface area contributed by atoms with E-state index in [1.54, 1.807) is 0 Å². The van der Waals surface area contributed by atoms with Gasteiger partial charge in [0.1, 0.15) is 5.82 Å². The van der Waals surface area contributed by atoms with E-state index in [4.69, 9.17) is 0 Å². The molecular formula is C24H20F7NO3. The van der Waals surface area contributed by atoms with Crippen molar-refractivity contribution in [3.05, 3.63) is 71.0 Å². The van der Waals surface area contributed by atoms with Gasteiger partial charge in [0.15, 0.2) is 0 Å². The van der Waals surface area contributed by atoms with Gasteiger partial charge in [-0.1, -0.05) is 25.1 Å². The van der Waals surface area contributed by atoms with Gasteiger partial charge in [0, 0.05) is 0 Å². The van der Waals surface area contributed by atoms with E-state index < -0.39 is 64.6 Å². The van der Waals surface area contributed by atoms with Gasteiger partial charge in [0.2, 0.25) is 5.91 Å². The lowest BCUT2D eigenvalue weighted by molar-refractivity contribution is -0.149. The lowest BCUT2D eigenvalue weighted by atomic mass is 9.68. The number of anilines is 1. The molecule has 4 nitrogen and oxygen atoms in total. The number of benzene rings is 2. The van der Waals surface area contributed by atoms with Crippen molar-refractivity contribution in [1.82, 2.24) is 0 Å². The first-order valence-electron chi connectivity index (χ1n) is 10.5. The molecule has 0 aromatic heterocycles. The van der Waals surface area contributed by atoms with Gasteiger partial charge in [-0.15, -0.1) is 0 Å². The fourth-order valence-electron chi connectivity index (χ4n) is 4.47. The molecule has 0 aliphatic heterocycles. The number of alkyl halides is 6. The lowest BCUT2D eigenvalue weighted by Crippen LogP contribution is -2.40. The van der Waals surface area contributed by atoms with Gasteiger partial charge in [-0.3, -0.25) is 9.59 Å². The summed E-state index contributed by atoms with van der Waals surface area (Å²) in [6, 6.07) is 4.36. The van der Waals surface area contributed by atoms with Crippen LogP contribution in [0, 0.1) is 17.7 Å². The van der Waals surface area contributed by atoms with Crippen molar-refractivity contribution in [2.45, 2.75) is 37.5 Å². The van der Waals surface area contributed by atoms with Crippen LogP contribution in [0.3, 0.4) is 0 Å². The minimum Gasteiger partial charge on any atom is -0.481 e.